The van der Waals surface area contributed by atoms with Crippen LogP contribution in [-0.2, 0) is 11.2 Å². The summed E-state index contributed by atoms with van der Waals surface area (Å²) in [4.78, 5) is 22.4. The van der Waals surface area contributed by atoms with Crippen LogP contribution in [0.15, 0.2) is 30.5 Å². The van der Waals surface area contributed by atoms with Gasteiger partial charge in [0, 0.05) is 38.8 Å². The number of phenolic OH excluding ortho intramolecular Hbond substituents is 1. The van der Waals surface area contributed by atoms with Crippen LogP contribution in [0.25, 0.3) is 0 Å². The number of piperidine rings is 1. The van der Waals surface area contributed by atoms with Gasteiger partial charge >= 0.3 is 0 Å². The van der Waals surface area contributed by atoms with E-state index in [0.29, 0.717) is 17.5 Å². The van der Waals surface area contributed by atoms with Gasteiger partial charge in [-0.1, -0.05) is 23.5 Å². The van der Waals surface area contributed by atoms with Crippen LogP contribution in [0.3, 0.4) is 0 Å². The standard InChI is InChI=1S/C21H28N4O3S/c26-18-3-1-16(2-4-18)5-8-22-20(27)19-15-23-21(29-19)25-9-6-17(7-10-25)24-11-13-28-14-12-24/h1-4,15,17,26H,5-14H2,(H,22,27). The van der Waals surface area contributed by atoms with Crippen molar-refractivity contribution in [2.45, 2.75) is 25.3 Å². The first kappa shape index (κ1) is 20.1. The van der Waals surface area contributed by atoms with Crippen LogP contribution >= 0.6 is 11.3 Å². The monoisotopic (exact) mass is 416 g/mol. The Morgan fingerprint density at radius 1 is 1.17 bits per heavy atom. The summed E-state index contributed by atoms with van der Waals surface area (Å²) >= 11 is 1.47. The second-order valence-electron chi connectivity index (χ2n) is 7.55. The molecule has 0 spiro atoms. The van der Waals surface area contributed by atoms with E-state index < -0.39 is 0 Å². The third-order valence-electron chi connectivity index (χ3n) is 5.65. The molecule has 2 aliphatic heterocycles. The molecule has 2 saturated heterocycles. The van der Waals surface area contributed by atoms with Crippen molar-refractivity contribution in [1.82, 2.24) is 15.2 Å². The molecule has 0 radical (unpaired) electrons. The molecule has 156 valence electrons. The largest absolute Gasteiger partial charge is 0.508 e. The van der Waals surface area contributed by atoms with Crippen LogP contribution in [0.1, 0.15) is 28.1 Å². The van der Waals surface area contributed by atoms with Crippen LogP contribution in [-0.4, -0.2) is 72.9 Å². The Hall–Kier alpha value is -2.16. The lowest BCUT2D eigenvalue weighted by atomic mass is 10.0. The molecule has 29 heavy (non-hydrogen) atoms. The number of aromatic nitrogens is 1. The molecule has 0 unspecified atom stereocenters. The fraction of sp³-hybridized carbons (Fsp3) is 0.524. The summed E-state index contributed by atoms with van der Waals surface area (Å²) in [6.07, 6.45) is 4.68. The van der Waals surface area contributed by atoms with Crippen molar-refractivity contribution in [2.24, 2.45) is 0 Å². The smallest absolute Gasteiger partial charge is 0.263 e. The van der Waals surface area contributed by atoms with Gasteiger partial charge in [-0.15, -0.1) is 0 Å². The van der Waals surface area contributed by atoms with E-state index in [0.717, 1.165) is 69.4 Å². The number of thiazole rings is 1. The first-order chi connectivity index (χ1) is 14.2. The molecule has 3 heterocycles. The number of hydrogen-bond acceptors (Lipinski definition) is 7. The highest BCUT2D eigenvalue weighted by Gasteiger charge is 2.27. The average molecular weight is 417 g/mol. The molecule has 0 aliphatic carbocycles. The lowest BCUT2D eigenvalue weighted by molar-refractivity contribution is 0.0115. The summed E-state index contributed by atoms with van der Waals surface area (Å²) in [7, 11) is 0. The number of rotatable bonds is 6. The van der Waals surface area contributed by atoms with Gasteiger partial charge in [-0.3, -0.25) is 9.69 Å². The van der Waals surface area contributed by atoms with Gasteiger partial charge < -0.3 is 20.1 Å². The van der Waals surface area contributed by atoms with Gasteiger partial charge in [-0.05, 0) is 37.0 Å². The highest BCUT2D eigenvalue weighted by atomic mass is 32.1. The lowest BCUT2D eigenvalue weighted by Crippen LogP contribution is -2.49. The summed E-state index contributed by atoms with van der Waals surface area (Å²) in [6.45, 7) is 6.29. The van der Waals surface area contributed by atoms with E-state index in [-0.39, 0.29) is 11.7 Å². The maximum absolute atomic E-state index is 12.4. The topological polar surface area (TPSA) is 77.9 Å². The van der Waals surface area contributed by atoms with Crippen LogP contribution in [0.5, 0.6) is 5.75 Å². The van der Waals surface area contributed by atoms with E-state index in [2.05, 4.69) is 20.1 Å². The number of benzene rings is 1. The van der Waals surface area contributed by atoms with Gasteiger partial charge in [-0.25, -0.2) is 4.98 Å². The van der Waals surface area contributed by atoms with Crippen molar-refractivity contribution in [1.29, 1.82) is 0 Å². The molecule has 7 nitrogen and oxygen atoms in total. The molecule has 2 N–H and O–H groups in total. The number of morpholine rings is 1. The lowest BCUT2D eigenvalue weighted by Gasteiger charge is -2.40. The summed E-state index contributed by atoms with van der Waals surface area (Å²) in [5.41, 5.74) is 1.08. The molecule has 0 atom stereocenters. The van der Waals surface area contributed by atoms with Gasteiger partial charge in [0.05, 0.1) is 19.4 Å². The third-order valence-corrected chi connectivity index (χ3v) is 6.71. The number of carbonyl (C=O) groups is 1. The van der Waals surface area contributed by atoms with Gasteiger partial charge in [-0.2, -0.15) is 0 Å². The van der Waals surface area contributed by atoms with E-state index >= 15 is 0 Å². The Labute approximate surface area is 175 Å². The van der Waals surface area contributed by atoms with E-state index in [1.807, 2.05) is 12.1 Å². The highest BCUT2D eigenvalue weighted by molar-refractivity contribution is 7.17. The maximum atomic E-state index is 12.4. The molecule has 2 aromatic rings. The number of nitrogens with one attached hydrogen (secondary N) is 1. The molecular weight excluding hydrogens is 388 g/mol. The number of nitrogens with zero attached hydrogens (tertiary/aromatic N) is 3. The van der Waals surface area contributed by atoms with Crippen LogP contribution in [0, 0.1) is 0 Å². The van der Waals surface area contributed by atoms with Crippen molar-refractivity contribution < 1.29 is 14.6 Å². The fourth-order valence-electron chi connectivity index (χ4n) is 3.95. The average Bonchev–Trinajstić information content (AvgIpc) is 3.26. The van der Waals surface area contributed by atoms with E-state index in [1.54, 1.807) is 18.3 Å². The van der Waals surface area contributed by atoms with Gasteiger partial charge in [0.15, 0.2) is 5.13 Å². The Morgan fingerprint density at radius 3 is 2.62 bits per heavy atom. The highest BCUT2D eigenvalue weighted by Crippen LogP contribution is 2.27. The van der Waals surface area contributed by atoms with Crippen molar-refractivity contribution in [2.75, 3.05) is 50.8 Å². The quantitative estimate of drug-likeness (QED) is 0.751. The summed E-state index contributed by atoms with van der Waals surface area (Å²) in [6, 6.07) is 7.70. The van der Waals surface area contributed by atoms with Crippen LogP contribution in [0.2, 0.25) is 0 Å². The zero-order chi connectivity index (χ0) is 20.1. The molecule has 0 bridgehead atoms. The molecule has 2 aliphatic rings. The molecule has 4 rings (SSSR count). The predicted molar refractivity (Wildman–Crippen MR) is 114 cm³/mol. The number of anilines is 1. The summed E-state index contributed by atoms with van der Waals surface area (Å²) < 4.78 is 5.46. The van der Waals surface area contributed by atoms with Crippen molar-refractivity contribution in [3.63, 3.8) is 0 Å². The second kappa shape index (κ2) is 9.56. The number of amides is 1. The number of hydrogen-bond donors (Lipinski definition) is 2. The Morgan fingerprint density at radius 2 is 1.90 bits per heavy atom. The van der Waals surface area contributed by atoms with Crippen molar-refractivity contribution in [3.8, 4) is 5.75 Å². The molecular formula is C21H28N4O3S. The second-order valence-corrected chi connectivity index (χ2v) is 8.56. The van der Waals surface area contributed by atoms with Crippen LogP contribution in [0.4, 0.5) is 5.13 Å². The minimum absolute atomic E-state index is 0.0734. The molecule has 1 aromatic heterocycles. The van der Waals surface area contributed by atoms with E-state index in [4.69, 9.17) is 4.74 Å². The van der Waals surface area contributed by atoms with E-state index in [1.165, 1.54) is 11.3 Å². The van der Waals surface area contributed by atoms with Gasteiger partial charge in [0.25, 0.3) is 5.91 Å². The molecule has 1 amide bonds. The van der Waals surface area contributed by atoms with Gasteiger partial charge in [0.1, 0.15) is 10.6 Å². The molecule has 8 heteroatoms. The number of ether oxygens (including phenoxy) is 1. The first-order valence-electron chi connectivity index (χ1n) is 10.3. The SMILES string of the molecule is O=C(NCCc1ccc(O)cc1)c1cnc(N2CCC(N3CCOCC3)CC2)s1. The summed E-state index contributed by atoms with van der Waals surface area (Å²) in [5, 5.41) is 13.2. The molecule has 2 fully saturated rings. The number of phenols is 1. The maximum Gasteiger partial charge on any atom is 0.263 e. The first-order valence-corrected chi connectivity index (χ1v) is 11.1. The number of carbonyl (C=O) groups excluding carboxylic acids is 1. The minimum Gasteiger partial charge on any atom is -0.508 e. The normalized spacial score (nSPS) is 18.7. The Kier molecular flexibility index (Phi) is 6.63. The molecule has 1 aromatic carbocycles. The molecule has 0 saturated carbocycles. The zero-order valence-corrected chi connectivity index (χ0v) is 17.4. The minimum atomic E-state index is -0.0734. The summed E-state index contributed by atoms with van der Waals surface area (Å²) in [5.74, 6) is 0.180. The Balaban J connectivity index is 1.23. The van der Waals surface area contributed by atoms with Gasteiger partial charge in [0.2, 0.25) is 0 Å². The fourth-order valence-corrected chi connectivity index (χ4v) is 4.84. The predicted octanol–water partition coefficient (Wildman–Crippen LogP) is 2.12. The third kappa shape index (κ3) is 5.26. The van der Waals surface area contributed by atoms with Crippen LogP contribution < -0.4 is 10.2 Å². The van der Waals surface area contributed by atoms with Crippen molar-refractivity contribution in [3.05, 3.63) is 40.9 Å². The van der Waals surface area contributed by atoms with Crippen molar-refractivity contribution >= 4 is 22.4 Å². The Bertz CT molecular complexity index is 797. The van der Waals surface area contributed by atoms with E-state index in [9.17, 15) is 9.90 Å². The zero-order valence-electron chi connectivity index (χ0n) is 16.5. The number of aromatic hydroxyl groups is 1.